The highest BCUT2D eigenvalue weighted by molar-refractivity contribution is 7.99. The highest BCUT2D eigenvalue weighted by Crippen LogP contribution is 2.38. The number of nitrogens with zero attached hydrogens (tertiary/aromatic N) is 3. The number of ketones is 1. The first-order chi connectivity index (χ1) is 13.8. The summed E-state index contributed by atoms with van der Waals surface area (Å²) in [5.41, 5.74) is 0.587. The Bertz CT molecular complexity index is 851. The summed E-state index contributed by atoms with van der Waals surface area (Å²) >= 11 is 1.49. The van der Waals surface area contributed by atoms with Crippen molar-refractivity contribution in [1.29, 1.82) is 0 Å². The number of thioether (sulfide) groups is 1. The zero-order valence-electron chi connectivity index (χ0n) is 18.0. The maximum Gasteiger partial charge on any atom is 0.192 e. The number of hydrogen-bond donors (Lipinski definition) is 0. The summed E-state index contributed by atoms with van der Waals surface area (Å²) in [6.45, 7) is 5.87. The molecule has 158 valence electrons. The van der Waals surface area contributed by atoms with E-state index in [4.69, 9.17) is 9.47 Å². The van der Waals surface area contributed by atoms with E-state index in [1.165, 1.54) is 31.0 Å². The van der Waals surface area contributed by atoms with Gasteiger partial charge in [0.25, 0.3) is 0 Å². The van der Waals surface area contributed by atoms with E-state index in [0.717, 1.165) is 29.4 Å². The molecule has 0 aliphatic heterocycles. The summed E-state index contributed by atoms with van der Waals surface area (Å²) in [7, 11) is 3.26. The lowest BCUT2D eigenvalue weighted by Crippen LogP contribution is -2.22. The van der Waals surface area contributed by atoms with Crippen LogP contribution in [0.2, 0.25) is 0 Å². The van der Waals surface area contributed by atoms with Gasteiger partial charge in [-0.15, -0.1) is 10.2 Å². The predicted molar refractivity (Wildman–Crippen MR) is 116 cm³/mol. The van der Waals surface area contributed by atoms with Crippen LogP contribution in [0.3, 0.4) is 0 Å². The lowest BCUT2D eigenvalue weighted by Gasteiger charge is -2.26. The SMILES string of the molecule is COc1ccc(-c2nnc(SCC(=O)C(C)(C)C)n2C2CCCCC2)cc1OC. The van der Waals surface area contributed by atoms with Gasteiger partial charge in [0.1, 0.15) is 5.78 Å². The highest BCUT2D eigenvalue weighted by atomic mass is 32.2. The number of hydrogen-bond acceptors (Lipinski definition) is 6. The zero-order valence-corrected chi connectivity index (χ0v) is 18.8. The summed E-state index contributed by atoms with van der Waals surface area (Å²) in [5, 5.41) is 9.81. The molecule has 1 aliphatic carbocycles. The van der Waals surface area contributed by atoms with E-state index < -0.39 is 0 Å². The minimum absolute atomic E-state index is 0.216. The van der Waals surface area contributed by atoms with E-state index in [2.05, 4.69) is 14.8 Å². The molecule has 1 aromatic carbocycles. The van der Waals surface area contributed by atoms with E-state index in [-0.39, 0.29) is 11.2 Å². The molecule has 0 bridgehead atoms. The molecular weight excluding hydrogens is 386 g/mol. The molecular formula is C22H31N3O3S. The summed E-state index contributed by atoms with van der Waals surface area (Å²) < 4.78 is 13.1. The average Bonchev–Trinajstić information content (AvgIpc) is 3.15. The van der Waals surface area contributed by atoms with Gasteiger partial charge < -0.3 is 9.47 Å². The van der Waals surface area contributed by atoms with Crippen molar-refractivity contribution in [2.24, 2.45) is 5.41 Å². The summed E-state index contributed by atoms with van der Waals surface area (Å²) in [6, 6.07) is 6.18. The van der Waals surface area contributed by atoms with Crippen LogP contribution < -0.4 is 9.47 Å². The summed E-state index contributed by atoms with van der Waals surface area (Å²) in [5.74, 6) is 2.79. The Labute approximate surface area is 177 Å². The average molecular weight is 418 g/mol. The van der Waals surface area contributed by atoms with Gasteiger partial charge in [0.15, 0.2) is 22.5 Å². The topological polar surface area (TPSA) is 66.2 Å². The summed E-state index contributed by atoms with van der Waals surface area (Å²) in [6.07, 6.45) is 5.91. The van der Waals surface area contributed by atoms with Crippen LogP contribution in [0.4, 0.5) is 0 Å². The normalized spacial score (nSPS) is 15.3. The smallest absolute Gasteiger partial charge is 0.192 e. The molecule has 0 radical (unpaired) electrons. The maximum absolute atomic E-state index is 12.4. The molecule has 0 spiro atoms. The molecule has 1 heterocycles. The van der Waals surface area contributed by atoms with Crippen molar-refractivity contribution in [3.63, 3.8) is 0 Å². The second kappa shape index (κ2) is 9.20. The van der Waals surface area contributed by atoms with Gasteiger partial charge in [0.05, 0.1) is 20.0 Å². The fourth-order valence-corrected chi connectivity index (χ4v) is 4.73. The molecule has 6 nitrogen and oxygen atoms in total. The second-order valence-electron chi connectivity index (χ2n) is 8.50. The molecule has 0 saturated heterocycles. The predicted octanol–water partition coefficient (Wildman–Crippen LogP) is 5.17. The Hall–Kier alpha value is -2.02. The fourth-order valence-electron chi connectivity index (χ4n) is 3.56. The van der Waals surface area contributed by atoms with Crippen molar-refractivity contribution in [2.45, 2.75) is 64.1 Å². The number of benzene rings is 1. The second-order valence-corrected chi connectivity index (χ2v) is 9.44. The molecule has 0 amide bonds. The number of methoxy groups -OCH3 is 2. The Balaban J connectivity index is 1.97. The third-order valence-corrected chi connectivity index (χ3v) is 6.36. The van der Waals surface area contributed by atoms with Gasteiger partial charge >= 0.3 is 0 Å². The fraction of sp³-hybridized carbons (Fsp3) is 0.591. The highest BCUT2D eigenvalue weighted by Gasteiger charge is 2.27. The maximum atomic E-state index is 12.4. The van der Waals surface area contributed by atoms with Gasteiger partial charge in [-0.2, -0.15) is 0 Å². The van der Waals surface area contributed by atoms with Crippen molar-refractivity contribution >= 4 is 17.5 Å². The van der Waals surface area contributed by atoms with E-state index in [9.17, 15) is 4.79 Å². The van der Waals surface area contributed by atoms with Crippen molar-refractivity contribution in [2.75, 3.05) is 20.0 Å². The van der Waals surface area contributed by atoms with Gasteiger partial charge in [-0.1, -0.05) is 51.8 Å². The molecule has 1 saturated carbocycles. The molecule has 1 aliphatic rings. The molecule has 2 aromatic rings. The van der Waals surface area contributed by atoms with E-state index in [0.29, 0.717) is 23.3 Å². The Morgan fingerprint density at radius 1 is 1.10 bits per heavy atom. The Morgan fingerprint density at radius 3 is 2.41 bits per heavy atom. The van der Waals surface area contributed by atoms with E-state index >= 15 is 0 Å². The van der Waals surface area contributed by atoms with E-state index in [1.54, 1.807) is 14.2 Å². The van der Waals surface area contributed by atoms with E-state index in [1.807, 2.05) is 39.0 Å². The molecule has 7 heteroatoms. The van der Waals surface area contributed by atoms with Crippen molar-refractivity contribution in [3.8, 4) is 22.9 Å². The molecule has 1 aromatic heterocycles. The molecule has 0 atom stereocenters. The van der Waals surface area contributed by atoms with Crippen LogP contribution in [0.15, 0.2) is 23.4 Å². The van der Waals surface area contributed by atoms with Crippen molar-refractivity contribution < 1.29 is 14.3 Å². The van der Waals surface area contributed by atoms with Crippen molar-refractivity contribution in [3.05, 3.63) is 18.2 Å². The molecule has 0 N–H and O–H groups in total. The quantitative estimate of drug-likeness (QED) is 0.579. The molecule has 1 fully saturated rings. The van der Waals surface area contributed by atoms with Gasteiger partial charge in [-0.3, -0.25) is 9.36 Å². The lowest BCUT2D eigenvalue weighted by atomic mass is 9.92. The van der Waals surface area contributed by atoms with Crippen molar-refractivity contribution in [1.82, 2.24) is 14.8 Å². The first-order valence-corrected chi connectivity index (χ1v) is 11.2. The Kier molecular flexibility index (Phi) is 6.88. The largest absolute Gasteiger partial charge is 0.493 e. The van der Waals surface area contributed by atoms with Crippen LogP contribution >= 0.6 is 11.8 Å². The Morgan fingerprint density at radius 2 is 1.79 bits per heavy atom. The minimum Gasteiger partial charge on any atom is -0.493 e. The van der Waals surface area contributed by atoms with Gasteiger partial charge in [0.2, 0.25) is 0 Å². The third kappa shape index (κ3) is 4.94. The molecule has 3 rings (SSSR count). The number of carbonyl (C=O) groups is 1. The molecule has 0 unspecified atom stereocenters. The number of ether oxygens (including phenoxy) is 2. The van der Waals surface area contributed by atoms with Crippen LogP contribution in [0.1, 0.15) is 58.9 Å². The molecule has 29 heavy (non-hydrogen) atoms. The third-order valence-electron chi connectivity index (χ3n) is 5.41. The van der Waals surface area contributed by atoms with Gasteiger partial charge in [0, 0.05) is 17.0 Å². The lowest BCUT2D eigenvalue weighted by molar-refractivity contribution is -0.123. The first-order valence-electron chi connectivity index (χ1n) is 10.2. The van der Waals surface area contributed by atoms with Crippen LogP contribution in [0, 0.1) is 5.41 Å². The van der Waals surface area contributed by atoms with Crippen LogP contribution in [0.5, 0.6) is 11.5 Å². The first kappa shape index (κ1) is 21.7. The van der Waals surface area contributed by atoms with Crippen LogP contribution in [-0.4, -0.2) is 40.5 Å². The number of aromatic nitrogens is 3. The number of carbonyl (C=O) groups excluding carboxylic acids is 1. The van der Waals surface area contributed by atoms with Crippen LogP contribution in [-0.2, 0) is 4.79 Å². The zero-order chi connectivity index (χ0) is 21.0. The summed E-state index contributed by atoms with van der Waals surface area (Å²) in [4.78, 5) is 12.4. The minimum atomic E-state index is -0.352. The number of rotatable bonds is 7. The monoisotopic (exact) mass is 417 g/mol. The number of Topliss-reactive ketones (excluding diaryl/α,β-unsaturated/α-hetero) is 1. The standard InChI is InChI=1S/C22H31N3O3S/c1-22(2,3)19(26)14-29-21-24-23-20(25(21)16-9-7-6-8-10-16)15-11-12-17(27-4)18(13-15)28-5/h11-13,16H,6-10,14H2,1-5H3. The van der Waals surface area contributed by atoms with Gasteiger partial charge in [-0.05, 0) is 31.0 Å². The van der Waals surface area contributed by atoms with Gasteiger partial charge in [-0.25, -0.2) is 0 Å². The van der Waals surface area contributed by atoms with Crippen LogP contribution in [0.25, 0.3) is 11.4 Å².